The average Bonchev–Trinajstić information content (AvgIpc) is 2.26. The first-order valence-corrected chi connectivity index (χ1v) is 6.76. The molecule has 1 heterocycles. The van der Waals surface area contributed by atoms with Gasteiger partial charge < -0.3 is 15.5 Å². The van der Waals surface area contributed by atoms with E-state index in [9.17, 15) is 9.59 Å². The molecule has 0 aromatic carbocycles. The first-order valence-electron chi connectivity index (χ1n) is 6.76. The van der Waals surface area contributed by atoms with E-state index in [1.54, 1.807) is 4.90 Å². The summed E-state index contributed by atoms with van der Waals surface area (Å²) in [6.07, 6.45) is 2.44. The number of hydrogen-bond donors (Lipinski definition) is 2. The van der Waals surface area contributed by atoms with Crippen LogP contribution in [0, 0.1) is 0 Å². The maximum atomic E-state index is 12.0. The van der Waals surface area contributed by atoms with E-state index in [0.717, 1.165) is 5.57 Å². The maximum absolute atomic E-state index is 12.0. The number of amides is 3. The summed E-state index contributed by atoms with van der Waals surface area (Å²) < 4.78 is 0. The first kappa shape index (κ1) is 15.5. The lowest BCUT2D eigenvalue weighted by molar-refractivity contribution is -0.119. The molecule has 5 heteroatoms. The van der Waals surface area contributed by atoms with Crippen molar-refractivity contribution in [1.82, 2.24) is 15.5 Å². The first-order chi connectivity index (χ1) is 8.69. The molecule has 0 saturated carbocycles. The van der Waals surface area contributed by atoms with Crippen LogP contribution in [0.4, 0.5) is 4.79 Å². The third-order valence-corrected chi connectivity index (χ3v) is 2.69. The van der Waals surface area contributed by atoms with E-state index in [1.807, 2.05) is 40.7 Å². The molecular formula is C14H25N3O2. The fourth-order valence-corrected chi connectivity index (χ4v) is 1.82. The highest BCUT2D eigenvalue weighted by atomic mass is 16.2. The molecule has 1 rings (SSSR count). The number of carbonyl (C=O) groups is 2. The molecule has 0 aliphatic carbocycles. The Hall–Kier alpha value is -1.52. The molecule has 0 fully saturated rings. The van der Waals surface area contributed by atoms with Gasteiger partial charge >= 0.3 is 6.03 Å². The van der Waals surface area contributed by atoms with Crippen molar-refractivity contribution in [3.8, 4) is 0 Å². The van der Waals surface area contributed by atoms with Crippen LogP contribution in [0.2, 0.25) is 0 Å². The van der Waals surface area contributed by atoms with Crippen LogP contribution in [0.1, 0.15) is 41.0 Å². The van der Waals surface area contributed by atoms with Gasteiger partial charge in [0.25, 0.3) is 0 Å². The summed E-state index contributed by atoms with van der Waals surface area (Å²) >= 11 is 0. The quantitative estimate of drug-likeness (QED) is 0.799. The van der Waals surface area contributed by atoms with E-state index in [2.05, 4.69) is 10.6 Å². The molecule has 1 aliphatic heterocycles. The highest BCUT2D eigenvalue weighted by molar-refractivity contribution is 5.94. The summed E-state index contributed by atoms with van der Waals surface area (Å²) in [5.74, 6) is -0.0311. The van der Waals surface area contributed by atoms with E-state index >= 15 is 0 Å². The second-order valence-electron chi connectivity index (χ2n) is 6.23. The Bertz CT molecular complexity index is 381. The Labute approximate surface area is 115 Å². The fourth-order valence-electron chi connectivity index (χ4n) is 1.82. The monoisotopic (exact) mass is 267 g/mol. The summed E-state index contributed by atoms with van der Waals surface area (Å²) in [7, 11) is 0. The lowest BCUT2D eigenvalue weighted by Gasteiger charge is -2.28. The van der Waals surface area contributed by atoms with Gasteiger partial charge in [-0.25, -0.2) is 4.79 Å². The van der Waals surface area contributed by atoms with Gasteiger partial charge in [-0.05, 0) is 41.0 Å². The van der Waals surface area contributed by atoms with Crippen molar-refractivity contribution < 1.29 is 9.59 Å². The zero-order valence-corrected chi connectivity index (χ0v) is 12.5. The standard InChI is InChI=1S/C14H25N3O2/c1-10(2)15-13(19)17-8-6-11(7-9-17)12(18)16-14(3,4)5/h6,10H,7-9H2,1-5H3,(H,15,19)(H,16,18). The minimum Gasteiger partial charge on any atom is -0.348 e. The summed E-state index contributed by atoms with van der Waals surface area (Å²) in [5.41, 5.74) is 0.535. The van der Waals surface area contributed by atoms with E-state index in [1.165, 1.54) is 0 Å². The van der Waals surface area contributed by atoms with E-state index in [4.69, 9.17) is 0 Å². The van der Waals surface area contributed by atoms with Gasteiger partial charge in [0, 0.05) is 30.2 Å². The van der Waals surface area contributed by atoms with Crippen LogP contribution in [-0.2, 0) is 4.79 Å². The third kappa shape index (κ3) is 5.32. The number of hydrogen-bond acceptors (Lipinski definition) is 2. The zero-order valence-electron chi connectivity index (χ0n) is 12.5. The number of nitrogens with zero attached hydrogens (tertiary/aromatic N) is 1. The molecule has 0 spiro atoms. The van der Waals surface area contributed by atoms with E-state index in [0.29, 0.717) is 19.5 Å². The van der Waals surface area contributed by atoms with Crippen LogP contribution in [0.15, 0.2) is 11.6 Å². The van der Waals surface area contributed by atoms with Gasteiger partial charge in [0.05, 0.1) is 0 Å². The Kier molecular flexibility index (Phi) is 4.97. The molecule has 0 unspecified atom stereocenters. The summed E-state index contributed by atoms with van der Waals surface area (Å²) in [6, 6.07) is 0.0589. The van der Waals surface area contributed by atoms with Crippen LogP contribution in [0.5, 0.6) is 0 Å². The van der Waals surface area contributed by atoms with Gasteiger partial charge in [-0.15, -0.1) is 0 Å². The fraction of sp³-hybridized carbons (Fsp3) is 0.714. The molecule has 2 N–H and O–H groups in total. The molecule has 5 nitrogen and oxygen atoms in total. The summed E-state index contributed by atoms with van der Waals surface area (Å²) in [4.78, 5) is 25.5. The largest absolute Gasteiger partial charge is 0.348 e. The lowest BCUT2D eigenvalue weighted by atomic mass is 10.0. The molecule has 0 saturated heterocycles. The SMILES string of the molecule is CC(C)NC(=O)N1CC=C(C(=O)NC(C)(C)C)CC1. The van der Waals surface area contributed by atoms with Crippen molar-refractivity contribution in [2.45, 2.75) is 52.6 Å². The van der Waals surface area contributed by atoms with E-state index in [-0.39, 0.29) is 23.5 Å². The molecule has 0 radical (unpaired) electrons. The van der Waals surface area contributed by atoms with Crippen molar-refractivity contribution in [2.75, 3.05) is 13.1 Å². The molecule has 0 aromatic heterocycles. The molecule has 19 heavy (non-hydrogen) atoms. The highest BCUT2D eigenvalue weighted by Crippen LogP contribution is 2.12. The predicted octanol–water partition coefficient (Wildman–Crippen LogP) is 1.65. The van der Waals surface area contributed by atoms with Crippen molar-refractivity contribution in [2.24, 2.45) is 0 Å². The van der Waals surface area contributed by atoms with Crippen LogP contribution in [-0.4, -0.2) is 41.5 Å². The van der Waals surface area contributed by atoms with Gasteiger partial charge in [0.2, 0.25) is 5.91 Å². The average molecular weight is 267 g/mol. The normalized spacial score (nSPS) is 16.1. The van der Waals surface area contributed by atoms with Crippen LogP contribution < -0.4 is 10.6 Å². The van der Waals surface area contributed by atoms with Gasteiger partial charge in [-0.3, -0.25) is 4.79 Å². The van der Waals surface area contributed by atoms with Crippen molar-refractivity contribution >= 4 is 11.9 Å². The molecule has 108 valence electrons. The van der Waals surface area contributed by atoms with E-state index < -0.39 is 0 Å². The zero-order chi connectivity index (χ0) is 14.6. The molecule has 0 bridgehead atoms. The van der Waals surface area contributed by atoms with Gasteiger partial charge in [-0.1, -0.05) is 6.08 Å². The number of nitrogens with one attached hydrogen (secondary N) is 2. The topological polar surface area (TPSA) is 61.4 Å². The second-order valence-corrected chi connectivity index (χ2v) is 6.23. The third-order valence-electron chi connectivity index (χ3n) is 2.69. The van der Waals surface area contributed by atoms with Crippen molar-refractivity contribution in [3.05, 3.63) is 11.6 Å². The number of urea groups is 1. The highest BCUT2D eigenvalue weighted by Gasteiger charge is 2.22. The molecular weight excluding hydrogens is 242 g/mol. The van der Waals surface area contributed by atoms with Crippen molar-refractivity contribution in [3.63, 3.8) is 0 Å². The van der Waals surface area contributed by atoms with Gasteiger partial charge in [0.1, 0.15) is 0 Å². The molecule has 3 amide bonds. The Morgan fingerprint density at radius 1 is 1.32 bits per heavy atom. The molecule has 0 atom stereocenters. The van der Waals surface area contributed by atoms with Crippen LogP contribution in [0.25, 0.3) is 0 Å². The van der Waals surface area contributed by atoms with Crippen LogP contribution >= 0.6 is 0 Å². The maximum Gasteiger partial charge on any atom is 0.317 e. The number of carbonyl (C=O) groups excluding carboxylic acids is 2. The van der Waals surface area contributed by atoms with Crippen molar-refractivity contribution in [1.29, 1.82) is 0 Å². The van der Waals surface area contributed by atoms with Gasteiger partial charge in [0.15, 0.2) is 0 Å². The Morgan fingerprint density at radius 3 is 2.37 bits per heavy atom. The van der Waals surface area contributed by atoms with Gasteiger partial charge in [-0.2, -0.15) is 0 Å². The second kappa shape index (κ2) is 6.08. The molecule has 1 aliphatic rings. The Morgan fingerprint density at radius 2 is 1.95 bits per heavy atom. The molecule has 0 aromatic rings. The number of rotatable bonds is 2. The smallest absolute Gasteiger partial charge is 0.317 e. The lowest BCUT2D eigenvalue weighted by Crippen LogP contribution is -2.47. The van der Waals surface area contributed by atoms with Crippen LogP contribution in [0.3, 0.4) is 0 Å². The Balaban J connectivity index is 2.54. The summed E-state index contributed by atoms with van der Waals surface area (Å²) in [6.45, 7) is 10.8. The predicted molar refractivity (Wildman–Crippen MR) is 75.8 cm³/mol. The minimum atomic E-state index is -0.232. The summed E-state index contributed by atoms with van der Waals surface area (Å²) in [5, 5.41) is 5.79. The minimum absolute atomic E-state index is 0.0311.